The summed E-state index contributed by atoms with van der Waals surface area (Å²) in [6.07, 6.45) is 3.46. The molecule has 1 aromatic heterocycles. The predicted octanol–water partition coefficient (Wildman–Crippen LogP) is 2.86. The fourth-order valence-electron chi connectivity index (χ4n) is 1.99. The summed E-state index contributed by atoms with van der Waals surface area (Å²) in [6.45, 7) is 3.75. The minimum Gasteiger partial charge on any atom is -0.355 e. The SMILES string of the molecule is CNC(=O)c1cc(-c2cncc(C)c2)c(C)cc1F. The molecule has 1 heterocycles. The van der Waals surface area contributed by atoms with Gasteiger partial charge < -0.3 is 5.32 Å². The summed E-state index contributed by atoms with van der Waals surface area (Å²) in [5, 5.41) is 2.44. The van der Waals surface area contributed by atoms with Crippen LogP contribution in [0.2, 0.25) is 0 Å². The van der Waals surface area contributed by atoms with E-state index in [4.69, 9.17) is 0 Å². The Kier molecular flexibility index (Phi) is 3.60. The molecular weight excluding hydrogens is 243 g/mol. The van der Waals surface area contributed by atoms with Crippen molar-refractivity contribution in [3.63, 3.8) is 0 Å². The fraction of sp³-hybridized carbons (Fsp3) is 0.200. The quantitative estimate of drug-likeness (QED) is 0.900. The molecule has 19 heavy (non-hydrogen) atoms. The second kappa shape index (κ2) is 5.18. The first-order chi connectivity index (χ1) is 9.02. The van der Waals surface area contributed by atoms with E-state index in [1.807, 2.05) is 19.9 Å². The number of aromatic nitrogens is 1. The van der Waals surface area contributed by atoms with Gasteiger partial charge in [0.1, 0.15) is 5.82 Å². The van der Waals surface area contributed by atoms with Gasteiger partial charge in [-0.25, -0.2) is 4.39 Å². The van der Waals surface area contributed by atoms with Crippen LogP contribution < -0.4 is 5.32 Å². The molecule has 0 aliphatic carbocycles. The van der Waals surface area contributed by atoms with Crippen molar-refractivity contribution in [2.75, 3.05) is 7.05 Å². The highest BCUT2D eigenvalue weighted by Crippen LogP contribution is 2.26. The van der Waals surface area contributed by atoms with Crippen LogP contribution in [-0.4, -0.2) is 17.9 Å². The third-order valence-corrected chi connectivity index (χ3v) is 2.97. The Balaban J connectivity index is 2.61. The Morgan fingerprint density at radius 1 is 1.21 bits per heavy atom. The highest BCUT2D eigenvalue weighted by molar-refractivity contribution is 5.95. The normalized spacial score (nSPS) is 10.3. The van der Waals surface area contributed by atoms with Crippen LogP contribution in [0.3, 0.4) is 0 Å². The van der Waals surface area contributed by atoms with Gasteiger partial charge >= 0.3 is 0 Å². The van der Waals surface area contributed by atoms with Crippen LogP contribution in [0.25, 0.3) is 11.1 Å². The summed E-state index contributed by atoms with van der Waals surface area (Å²) in [7, 11) is 1.48. The number of pyridine rings is 1. The molecule has 0 atom stereocenters. The number of carbonyl (C=O) groups is 1. The molecule has 0 saturated carbocycles. The lowest BCUT2D eigenvalue weighted by atomic mass is 9.98. The molecule has 0 aliphatic heterocycles. The molecule has 0 bridgehead atoms. The van der Waals surface area contributed by atoms with E-state index in [9.17, 15) is 9.18 Å². The summed E-state index contributed by atoms with van der Waals surface area (Å²) in [4.78, 5) is 15.8. The first-order valence-electron chi connectivity index (χ1n) is 5.97. The Labute approximate surface area is 111 Å². The smallest absolute Gasteiger partial charge is 0.254 e. The number of nitrogens with one attached hydrogen (secondary N) is 1. The molecule has 2 rings (SSSR count). The third-order valence-electron chi connectivity index (χ3n) is 2.97. The number of benzene rings is 1. The highest BCUT2D eigenvalue weighted by Gasteiger charge is 2.14. The Morgan fingerprint density at radius 3 is 2.58 bits per heavy atom. The van der Waals surface area contributed by atoms with Gasteiger partial charge in [-0.15, -0.1) is 0 Å². The van der Waals surface area contributed by atoms with Crippen molar-refractivity contribution in [1.29, 1.82) is 0 Å². The second-order valence-electron chi connectivity index (χ2n) is 4.48. The van der Waals surface area contributed by atoms with Crippen molar-refractivity contribution >= 4 is 5.91 Å². The molecule has 98 valence electrons. The van der Waals surface area contributed by atoms with E-state index >= 15 is 0 Å². The summed E-state index contributed by atoms with van der Waals surface area (Å²) < 4.78 is 13.8. The number of aryl methyl sites for hydroxylation is 2. The van der Waals surface area contributed by atoms with Gasteiger partial charge in [-0.3, -0.25) is 9.78 Å². The van der Waals surface area contributed by atoms with E-state index in [2.05, 4.69) is 10.3 Å². The lowest BCUT2D eigenvalue weighted by molar-refractivity contribution is 0.0959. The summed E-state index contributed by atoms with van der Waals surface area (Å²) >= 11 is 0. The third kappa shape index (κ3) is 2.62. The Hall–Kier alpha value is -2.23. The zero-order chi connectivity index (χ0) is 14.0. The van der Waals surface area contributed by atoms with Crippen molar-refractivity contribution in [2.45, 2.75) is 13.8 Å². The van der Waals surface area contributed by atoms with Crippen LogP contribution in [0, 0.1) is 19.7 Å². The minimum absolute atomic E-state index is 0.0459. The lowest BCUT2D eigenvalue weighted by Gasteiger charge is -2.10. The predicted molar refractivity (Wildman–Crippen MR) is 72.5 cm³/mol. The minimum atomic E-state index is -0.513. The molecular formula is C15H15FN2O. The number of amides is 1. The fourth-order valence-corrected chi connectivity index (χ4v) is 1.99. The van der Waals surface area contributed by atoms with Gasteiger partial charge in [-0.05, 0) is 48.7 Å². The molecule has 3 nitrogen and oxygen atoms in total. The summed E-state index contributed by atoms with van der Waals surface area (Å²) in [5.74, 6) is -0.944. The summed E-state index contributed by atoms with van der Waals surface area (Å²) in [5.41, 5.74) is 3.53. The molecule has 0 aliphatic rings. The van der Waals surface area contributed by atoms with Crippen LogP contribution in [0.1, 0.15) is 21.5 Å². The molecule has 1 N–H and O–H groups in total. The van der Waals surface area contributed by atoms with Gasteiger partial charge in [0.2, 0.25) is 0 Å². The van der Waals surface area contributed by atoms with Crippen LogP contribution in [0.4, 0.5) is 4.39 Å². The maximum Gasteiger partial charge on any atom is 0.254 e. The first-order valence-corrected chi connectivity index (χ1v) is 5.97. The molecule has 0 unspecified atom stereocenters. The van der Waals surface area contributed by atoms with Crippen molar-refractivity contribution in [3.8, 4) is 11.1 Å². The van der Waals surface area contributed by atoms with Gasteiger partial charge in [0, 0.05) is 25.0 Å². The van der Waals surface area contributed by atoms with Crippen molar-refractivity contribution < 1.29 is 9.18 Å². The highest BCUT2D eigenvalue weighted by atomic mass is 19.1. The molecule has 0 radical (unpaired) electrons. The van der Waals surface area contributed by atoms with Gasteiger partial charge in [0.15, 0.2) is 0 Å². The van der Waals surface area contributed by atoms with Crippen LogP contribution in [-0.2, 0) is 0 Å². The molecule has 0 fully saturated rings. The van der Waals surface area contributed by atoms with Gasteiger partial charge in [-0.1, -0.05) is 0 Å². The largest absolute Gasteiger partial charge is 0.355 e. The van der Waals surface area contributed by atoms with Gasteiger partial charge in [0.05, 0.1) is 5.56 Å². The van der Waals surface area contributed by atoms with Crippen molar-refractivity contribution in [3.05, 3.63) is 53.1 Å². The molecule has 1 amide bonds. The Morgan fingerprint density at radius 2 is 1.95 bits per heavy atom. The second-order valence-corrected chi connectivity index (χ2v) is 4.48. The molecule has 1 aromatic carbocycles. The maximum atomic E-state index is 13.8. The summed E-state index contributed by atoms with van der Waals surface area (Å²) in [6, 6.07) is 4.91. The van der Waals surface area contributed by atoms with E-state index in [1.165, 1.54) is 13.1 Å². The standard InChI is InChI=1S/C15H15FN2O/c1-9-4-11(8-18-7-9)12-6-13(15(19)17-3)14(16)5-10(12)2/h4-8H,1-3H3,(H,17,19). The van der Waals surface area contributed by atoms with Crippen LogP contribution in [0.15, 0.2) is 30.6 Å². The average molecular weight is 258 g/mol. The molecule has 0 spiro atoms. The molecule has 0 saturated heterocycles. The topological polar surface area (TPSA) is 42.0 Å². The first kappa shape index (κ1) is 13.2. The average Bonchev–Trinajstić information content (AvgIpc) is 2.38. The van der Waals surface area contributed by atoms with E-state index in [0.29, 0.717) is 0 Å². The van der Waals surface area contributed by atoms with Crippen molar-refractivity contribution in [2.24, 2.45) is 0 Å². The monoisotopic (exact) mass is 258 g/mol. The number of hydrogen-bond acceptors (Lipinski definition) is 2. The lowest BCUT2D eigenvalue weighted by Crippen LogP contribution is -2.19. The number of halogens is 1. The van der Waals surface area contributed by atoms with Crippen molar-refractivity contribution in [1.82, 2.24) is 10.3 Å². The number of carbonyl (C=O) groups excluding carboxylic acids is 1. The maximum absolute atomic E-state index is 13.8. The van der Waals surface area contributed by atoms with E-state index < -0.39 is 11.7 Å². The van der Waals surface area contributed by atoms with E-state index in [0.717, 1.165) is 22.3 Å². The molecule has 2 aromatic rings. The van der Waals surface area contributed by atoms with Gasteiger partial charge in [0.25, 0.3) is 5.91 Å². The van der Waals surface area contributed by atoms with Crippen LogP contribution in [0.5, 0.6) is 0 Å². The number of hydrogen-bond donors (Lipinski definition) is 1. The zero-order valence-corrected chi connectivity index (χ0v) is 11.1. The van der Waals surface area contributed by atoms with Crippen LogP contribution >= 0.6 is 0 Å². The van der Waals surface area contributed by atoms with Gasteiger partial charge in [-0.2, -0.15) is 0 Å². The number of rotatable bonds is 2. The number of nitrogens with zero attached hydrogens (tertiary/aromatic N) is 1. The Bertz CT molecular complexity index is 638. The van der Waals surface area contributed by atoms with E-state index in [-0.39, 0.29) is 5.56 Å². The van der Waals surface area contributed by atoms with E-state index in [1.54, 1.807) is 18.5 Å². The molecule has 4 heteroatoms. The zero-order valence-electron chi connectivity index (χ0n) is 11.1.